The lowest BCUT2D eigenvalue weighted by Gasteiger charge is -2.27. The summed E-state index contributed by atoms with van der Waals surface area (Å²) >= 11 is 9.60. The van der Waals surface area contributed by atoms with Gasteiger partial charge in [0.2, 0.25) is 11.8 Å². The number of ether oxygens (including phenoxy) is 1. The molecule has 374 valence electrons. The van der Waals surface area contributed by atoms with Crippen LogP contribution in [0.3, 0.4) is 0 Å². The lowest BCUT2D eigenvalue weighted by Crippen LogP contribution is -2.39. The summed E-state index contributed by atoms with van der Waals surface area (Å²) in [4.78, 5) is 49.7. The van der Waals surface area contributed by atoms with Crippen molar-refractivity contribution in [2.24, 2.45) is 22.7 Å². The second-order valence-corrected chi connectivity index (χ2v) is 22.0. The number of hydrogen-bond donors (Lipinski definition) is 3. The molecule has 0 radical (unpaired) electrons. The number of rotatable bonds is 16. The number of aromatic nitrogens is 5. The molecule has 72 heavy (non-hydrogen) atoms. The van der Waals surface area contributed by atoms with Crippen molar-refractivity contribution >= 4 is 57.6 Å². The number of amides is 2. The van der Waals surface area contributed by atoms with Crippen LogP contribution in [0.2, 0.25) is 5.02 Å². The zero-order chi connectivity index (χ0) is 51.1. The first-order valence-electron chi connectivity index (χ1n) is 24.2. The number of Topliss-reactive ketones (excluding diaryl/α,β-unsaturated/α-hetero) is 1. The van der Waals surface area contributed by atoms with Gasteiger partial charge in [-0.15, -0.1) is 32.9 Å². The van der Waals surface area contributed by atoms with Gasteiger partial charge in [0.15, 0.2) is 11.6 Å². The van der Waals surface area contributed by atoms with E-state index in [1.165, 1.54) is 22.6 Å². The highest BCUT2D eigenvalue weighted by Crippen LogP contribution is 2.41. The molecule has 0 spiro atoms. The fraction of sp³-hybridized carbons (Fsp3) is 0.364. The number of carbonyl (C=O) groups excluding carboxylic acids is 3. The monoisotopic (exact) mass is 1030 g/mol. The van der Waals surface area contributed by atoms with E-state index in [4.69, 9.17) is 21.3 Å². The molecule has 4 unspecified atom stereocenters. The topological polar surface area (TPSA) is 166 Å². The third-order valence-electron chi connectivity index (χ3n) is 13.8. The SMILES string of the molecule is Cc1ccsc1-c1ccc(C(C)NC(=O)[C@@H]2C[C@@H](O)CC2C(=O)C(C(C)C)n2cc(-c3cc(F)cc(OC(C)CNC(=O)C[C@@H]4N=C(c5ccc(Cl)cc5)c5c(sc(C)c5C)-n5c(C)nnc54)c3)cn2)cc1. The van der Waals surface area contributed by atoms with Crippen molar-refractivity contribution in [3.05, 3.63) is 146 Å². The summed E-state index contributed by atoms with van der Waals surface area (Å²) in [5, 5.41) is 34.1. The number of nitrogens with one attached hydrogen (secondary N) is 2. The Morgan fingerprint density at radius 1 is 0.903 bits per heavy atom. The van der Waals surface area contributed by atoms with E-state index in [1.54, 1.807) is 52.7 Å². The van der Waals surface area contributed by atoms with E-state index in [2.05, 4.69) is 70.3 Å². The number of aliphatic imine (C=N–C) groups is 1. The fourth-order valence-corrected chi connectivity index (χ4v) is 12.2. The van der Waals surface area contributed by atoms with E-state index in [1.807, 2.05) is 68.7 Å². The number of ketones is 1. The Balaban J connectivity index is 0.850. The second-order valence-electron chi connectivity index (χ2n) is 19.4. The molecule has 2 amide bonds. The van der Waals surface area contributed by atoms with Gasteiger partial charge in [-0.25, -0.2) is 4.39 Å². The molecule has 1 saturated carbocycles. The Bertz CT molecular complexity index is 3180. The van der Waals surface area contributed by atoms with Gasteiger partial charge in [0.25, 0.3) is 0 Å². The molecule has 1 aliphatic carbocycles. The highest BCUT2D eigenvalue weighted by atomic mass is 35.5. The summed E-state index contributed by atoms with van der Waals surface area (Å²) in [6.45, 7) is 15.8. The number of halogens is 2. The van der Waals surface area contributed by atoms with Crippen molar-refractivity contribution in [1.82, 2.24) is 35.2 Å². The molecule has 3 aromatic carbocycles. The van der Waals surface area contributed by atoms with Gasteiger partial charge in [0.1, 0.15) is 40.6 Å². The first-order chi connectivity index (χ1) is 34.4. The Hall–Kier alpha value is -6.33. The Morgan fingerprint density at radius 2 is 1.62 bits per heavy atom. The molecule has 3 N–H and O–H groups in total. The quantitative estimate of drug-likeness (QED) is 0.0860. The first-order valence-corrected chi connectivity index (χ1v) is 26.3. The lowest BCUT2D eigenvalue weighted by atomic mass is 9.84. The van der Waals surface area contributed by atoms with Gasteiger partial charge in [-0.05, 0) is 124 Å². The molecule has 0 bridgehead atoms. The maximum Gasteiger partial charge on any atom is 0.224 e. The highest BCUT2D eigenvalue weighted by Gasteiger charge is 2.45. The molecule has 7 aromatic rings. The predicted octanol–water partition coefficient (Wildman–Crippen LogP) is 10.8. The number of fused-ring (bicyclic) bond motifs is 3. The number of thiophene rings is 2. The normalized spacial score (nSPS) is 18.7. The molecule has 1 fully saturated rings. The average Bonchev–Trinajstić information content (AvgIpc) is 4.19. The highest BCUT2D eigenvalue weighted by molar-refractivity contribution is 7.15. The Kier molecular flexibility index (Phi) is 14.8. The Labute approximate surface area is 431 Å². The standard InChI is InChI=1S/C55H58ClFN8O5S2/c1-28(2)50(51(68)44-22-42(66)23-45(44)54(69)60-32(6)35-9-11-37(12-10-35)52-29(3)17-18-71-52)64-27-39(26-59-64)38-19-41(57)21-43(20-38)70-30(4)25-58-47(67)24-46-53-63-62-34(8)65(53)55-48(31(5)33(7)72-55)49(61-46)36-13-15-40(56)16-14-36/h9-21,26-28,30,32,42,44-46,50,66H,22-25H2,1-8H3,(H,58,67)(H,60,69)/t30?,32?,42-,44?,45+,46-,50?/m0/s1. The summed E-state index contributed by atoms with van der Waals surface area (Å²) in [5.41, 5.74) is 7.97. The van der Waals surface area contributed by atoms with E-state index in [-0.39, 0.29) is 61.1 Å². The predicted molar refractivity (Wildman–Crippen MR) is 281 cm³/mol. The van der Waals surface area contributed by atoms with E-state index in [0.29, 0.717) is 27.8 Å². The van der Waals surface area contributed by atoms with Crippen molar-refractivity contribution in [2.75, 3.05) is 6.54 Å². The summed E-state index contributed by atoms with van der Waals surface area (Å²) in [6.07, 6.45) is 2.24. The van der Waals surface area contributed by atoms with Crippen molar-refractivity contribution < 1.29 is 28.6 Å². The fourth-order valence-electron chi connectivity index (χ4n) is 9.94. The second kappa shape index (κ2) is 21.0. The van der Waals surface area contributed by atoms with Gasteiger partial charge in [-0.2, -0.15) is 5.10 Å². The van der Waals surface area contributed by atoms with Gasteiger partial charge in [0, 0.05) is 49.6 Å². The van der Waals surface area contributed by atoms with Gasteiger partial charge in [-0.3, -0.25) is 28.6 Å². The number of aliphatic hydroxyl groups excluding tert-OH is 1. The molecule has 7 atom stereocenters. The third-order valence-corrected chi connectivity index (χ3v) is 16.3. The van der Waals surface area contributed by atoms with Crippen molar-refractivity contribution in [1.29, 1.82) is 0 Å². The van der Waals surface area contributed by atoms with Crippen LogP contribution < -0.4 is 15.4 Å². The number of aliphatic hydroxyl groups is 1. The smallest absolute Gasteiger partial charge is 0.224 e. The molecule has 1 aliphatic heterocycles. The maximum absolute atomic E-state index is 15.3. The van der Waals surface area contributed by atoms with Crippen LogP contribution in [0.4, 0.5) is 4.39 Å². The molecule has 13 nitrogen and oxygen atoms in total. The summed E-state index contributed by atoms with van der Waals surface area (Å²) in [6, 6.07) is 20.3. The molecule has 4 aromatic heterocycles. The molecular weight excluding hydrogens is 971 g/mol. The van der Waals surface area contributed by atoms with Crippen LogP contribution in [-0.2, 0) is 14.4 Å². The molecule has 17 heteroatoms. The van der Waals surface area contributed by atoms with E-state index in [0.717, 1.165) is 43.4 Å². The maximum atomic E-state index is 15.3. The summed E-state index contributed by atoms with van der Waals surface area (Å²) in [5.74, 6) is -1.45. The number of hydrogen-bond acceptors (Lipinski definition) is 11. The van der Waals surface area contributed by atoms with E-state index < -0.39 is 41.9 Å². The first kappa shape index (κ1) is 50.6. The van der Waals surface area contributed by atoms with Crippen LogP contribution in [0, 0.1) is 51.3 Å². The van der Waals surface area contributed by atoms with Crippen molar-refractivity contribution in [2.45, 2.75) is 105 Å². The third kappa shape index (κ3) is 10.5. The number of aryl methyl sites for hydroxylation is 3. The largest absolute Gasteiger partial charge is 0.489 e. The number of nitrogens with zero attached hydrogens (tertiary/aromatic N) is 6. The zero-order valence-electron chi connectivity index (χ0n) is 41.4. The molecular formula is C55H58ClFN8O5S2. The number of carbonyl (C=O) groups is 3. The number of benzene rings is 3. The minimum atomic E-state index is -0.804. The van der Waals surface area contributed by atoms with Crippen LogP contribution in [0.5, 0.6) is 5.75 Å². The van der Waals surface area contributed by atoms with Crippen LogP contribution in [0.15, 0.2) is 95.6 Å². The van der Waals surface area contributed by atoms with Crippen molar-refractivity contribution in [3.8, 4) is 32.3 Å². The van der Waals surface area contributed by atoms with Gasteiger partial charge in [0.05, 0.1) is 42.9 Å². The van der Waals surface area contributed by atoms with Crippen molar-refractivity contribution in [3.63, 3.8) is 0 Å². The summed E-state index contributed by atoms with van der Waals surface area (Å²) in [7, 11) is 0. The lowest BCUT2D eigenvalue weighted by molar-refractivity contribution is -0.135. The zero-order valence-corrected chi connectivity index (χ0v) is 43.8. The van der Waals surface area contributed by atoms with Crippen LogP contribution in [0.25, 0.3) is 26.6 Å². The van der Waals surface area contributed by atoms with E-state index in [9.17, 15) is 19.5 Å². The van der Waals surface area contributed by atoms with Crippen LogP contribution >= 0.6 is 34.3 Å². The van der Waals surface area contributed by atoms with Crippen LogP contribution in [0.1, 0.15) is 109 Å². The molecule has 0 saturated heterocycles. The van der Waals surface area contributed by atoms with Gasteiger partial charge >= 0.3 is 0 Å². The van der Waals surface area contributed by atoms with Gasteiger partial charge < -0.3 is 20.5 Å². The minimum absolute atomic E-state index is 0.0111. The molecule has 2 aliphatic rings. The minimum Gasteiger partial charge on any atom is -0.489 e. The average molecular weight is 1030 g/mol. The Morgan fingerprint density at radius 3 is 2.33 bits per heavy atom. The van der Waals surface area contributed by atoms with E-state index >= 15 is 4.39 Å². The summed E-state index contributed by atoms with van der Waals surface area (Å²) < 4.78 is 25.1. The van der Waals surface area contributed by atoms with Crippen LogP contribution in [-0.4, -0.2) is 71.7 Å². The van der Waals surface area contributed by atoms with Gasteiger partial charge in [-0.1, -0.05) is 61.8 Å². The molecule has 9 rings (SSSR count). The molecule has 5 heterocycles.